The molecule has 4 N–H and O–H groups in total. The summed E-state index contributed by atoms with van der Waals surface area (Å²) in [7, 11) is 0. The molecule has 2 aliphatic heterocycles. The molecule has 2 fully saturated rings. The molecular weight excluding hydrogens is 322 g/mol. The first-order valence-corrected chi connectivity index (χ1v) is 8.42. The van der Waals surface area contributed by atoms with Gasteiger partial charge in [0.05, 0.1) is 12.1 Å². The smallest absolute Gasteiger partial charge is 0.315 e. The summed E-state index contributed by atoms with van der Waals surface area (Å²) in [4.78, 5) is 36.4. The van der Waals surface area contributed by atoms with Gasteiger partial charge in [0, 0.05) is 22.3 Å². The minimum absolute atomic E-state index is 0.0962. The summed E-state index contributed by atoms with van der Waals surface area (Å²) < 4.78 is 0. The minimum atomic E-state index is -0.561. The van der Waals surface area contributed by atoms with Crippen LogP contribution < -0.4 is 21.5 Å². The van der Waals surface area contributed by atoms with E-state index in [1.165, 1.54) is 0 Å². The number of nitrogens with zero attached hydrogens (tertiary/aromatic N) is 3. The molecule has 0 aliphatic carbocycles. The quantitative estimate of drug-likeness (QED) is 0.130. The fourth-order valence-electron chi connectivity index (χ4n) is 2.61. The first-order chi connectivity index (χ1) is 11.1. The largest absolute Gasteiger partial charge is 0.332 e. The van der Waals surface area contributed by atoms with Gasteiger partial charge < -0.3 is 10.6 Å². The normalized spacial score (nSPS) is 24.9. The lowest BCUT2D eigenvalue weighted by Gasteiger charge is -2.16. The number of thioether (sulfide) groups is 1. The third kappa shape index (κ3) is 5.22. The van der Waals surface area contributed by atoms with E-state index < -0.39 is 5.91 Å². The number of urea groups is 1. The molecule has 0 aromatic rings. The Kier molecular flexibility index (Phi) is 6.36. The van der Waals surface area contributed by atoms with Crippen molar-refractivity contribution in [2.24, 2.45) is 5.11 Å². The first-order valence-electron chi connectivity index (χ1n) is 7.37. The molecule has 0 radical (unpaired) electrons. The van der Waals surface area contributed by atoms with Crippen molar-refractivity contribution in [3.8, 4) is 0 Å². The zero-order chi connectivity index (χ0) is 16.7. The van der Waals surface area contributed by atoms with Crippen LogP contribution in [0.15, 0.2) is 5.11 Å². The van der Waals surface area contributed by atoms with E-state index in [1.54, 1.807) is 0 Å². The minimum Gasteiger partial charge on any atom is -0.332 e. The highest BCUT2D eigenvalue weighted by atomic mass is 32.2. The lowest BCUT2D eigenvalue weighted by Crippen LogP contribution is -2.42. The van der Waals surface area contributed by atoms with E-state index in [-0.39, 0.29) is 30.6 Å². The molecule has 0 spiro atoms. The number of hydrogen-bond acceptors (Lipinski definition) is 5. The lowest BCUT2D eigenvalue weighted by molar-refractivity contribution is -0.128. The van der Waals surface area contributed by atoms with Crippen LogP contribution in [0.25, 0.3) is 10.4 Å². The Morgan fingerprint density at radius 2 is 2.09 bits per heavy atom. The maximum atomic E-state index is 11.5. The van der Waals surface area contributed by atoms with E-state index in [9.17, 15) is 14.4 Å². The van der Waals surface area contributed by atoms with E-state index in [0.717, 1.165) is 18.6 Å². The summed E-state index contributed by atoms with van der Waals surface area (Å²) >= 11 is 1.84. The monoisotopic (exact) mass is 341 g/mol. The second-order valence-electron chi connectivity index (χ2n) is 5.35. The van der Waals surface area contributed by atoms with E-state index in [1.807, 2.05) is 11.8 Å². The highest BCUT2D eigenvalue weighted by Gasteiger charge is 2.42. The molecule has 2 aliphatic rings. The zero-order valence-corrected chi connectivity index (χ0v) is 13.3. The van der Waals surface area contributed by atoms with Crippen molar-refractivity contribution in [1.29, 1.82) is 0 Å². The molecule has 11 heteroatoms. The molecular formula is C12H19N7O3S. The molecule has 2 heterocycles. The summed E-state index contributed by atoms with van der Waals surface area (Å²) in [5.74, 6) is 0.0762. The van der Waals surface area contributed by atoms with Crippen LogP contribution in [0.2, 0.25) is 0 Å². The molecule has 0 saturated carbocycles. The number of nitrogens with one attached hydrogen (secondary N) is 4. The van der Waals surface area contributed by atoms with Gasteiger partial charge in [-0.15, -0.1) is 0 Å². The highest BCUT2D eigenvalue weighted by molar-refractivity contribution is 8.00. The Balaban J connectivity index is 1.55. The molecule has 10 nitrogen and oxygen atoms in total. The molecule has 4 amide bonds. The predicted octanol–water partition coefficient (Wildman–Crippen LogP) is 0.170. The number of rotatable bonds is 7. The Morgan fingerprint density at radius 3 is 2.87 bits per heavy atom. The van der Waals surface area contributed by atoms with Crippen LogP contribution in [0.3, 0.4) is 0 Å². The SMILES string of the molecule is [N-]=[N+]=NCC(=O)NNC(=O)CCCC[C@@H]1SC[C@@H]2NC(=O)N[C@@H]21. The second kappa shape index (κ2) is 8.49. The van der Waals surface area contributed by atoms with Crippen molar-refractivity contribution in [3.05, 3.63) is 10.4 Å². The Morgan fingerprint density at radius 1 is 1.30 bits per heavy atom. The Bertz CT molecular complexity index is 523. The van der Waals surface area contributed by atoms with Gasteiger partial charge in [-0.2, -0.15) is 11.8 Å². The second-order valence-corrected chi connectivity index (χ2v) is 6.63. The number of hydrogen-bond donors (Lipinski definition) is 4. The molecule has 126 valence electrons. The van der Waals surface area contributed by atoms with Crippen molar-refractivity contribution in [2.45, 2.75) is 43.0 Å². The molecule has 2 rings (SSSR count). The molecule has 0 aromatic heterocycles. The number of carbonyl (C=O) groups excluding carboxylic acids is 3. The van der Waals surface area contributed by atoms with Gasteiger partial charge in [-0.25, -0.2) is 4.79 Å². The van der Waals surface area contributed by atoms with Crippen LogP contribution in [-0.2, 0) is 9.59 Å². The molecule has 0 aromatic carbocycles. The van der Waals surface area contributed by atoms with Crippen LogP contribution in [0, 0.1) is 0 Å². The Hall–Kier alpha value is -2.13. The number of hydrazine groups is 1. The molecule has 23 heavy (non-hydrogen) atoms. The average molecular weight is 341 g/mol. The number of fused-ring (bicyclic) bond motifs is 1. The van der Waals surface area contributed by atoms with Gasteiger partial charge in [0.1, 0.15) is 6.54 Å². The molecule has 0 bridgehead atoms. The van der Waals surface area contributed by atoms with E-state index >= 15 is 0 Å². The van der Waals surface area contributed by atoms with Crippen LogP contribution >= 0.6 is 11.8 Å². The van der Waals surface area contributed by atoms with Gasteiger partial charge in [0.25, 0.3) is 0 Å². The third-order valence-electron chi connectivity index (χ3n) is 3.70. The summed E-state index contributed by atoms with van der Waals surface area (Å²) in [5, 5.41) is 9.29. The summed E-state index contributed by atoms with van der Waals surface area (Å²) in [6, 6.07) is 0.300. The topological polar surface area (TPSA) is 148 Å². The fourth-order valence-corrected chi connectivity index (χ4v) is 4.15. The Labute approximate surface area is 137 Å². The van der Waals surface area contributed by atoms with Crippen molar-refractivity contribution in [2.75, 3.05) is 12.3 Å². The summed E-state index contributed by atoms with van der Waals surface area (Å²) in [6.07, 6.45) is 2.81. The molecule has 0 unspecified atom stereocenters. The van der Waals surface area contributed by atoms with Gasteiger partial charge in [-0.1, -0.05) is 11.5 Å². The van der Waals surface area contributed by atoms with Crippen molar-refractivity contribution in [1.82, 2.24) is 21.5 Å². The van der Waals surface area contributed by atoms with Gasteiger partial charge in [-0.05, 0) is 18.4 Å². The van der Waals surface area contributed by atoms with Gasteiger partial charge in [-0.3, -0.25) is 20.4 Å². The fraction of sp³-hybridized carbons (Fsp3) is 0.750. The first kappa shape index (κ1) is 17.2. The third-order valence-corrected chi connectivity index (χ3v) is 5.21. The van der Waals surface area contributed by atoms with Gasteiger partial charge >= 0.3 is 6.03 Å². The van der Waals surface area contributed by atoms with E-state index in [4.69, 9.17) is 5.53 Å². The van der Waals surface area contributed by atoms with Crippen molar-refractivity contribution >= 4 is 29.6 Å². The highest BCUT2D eigenvalue weighted by Crippen LogP contribution is 2.33. The summed E-state index contributed by atoms with van der Waals surface area (Å²) in [6.45, 7) is -0.349. The van der Waals surface area contributed by atoms with Crippen LogP contribution in [0.4, 0.5) is 4.79 Å². The number of carbonyl (C=O) groups is 3. The van der Waals surface area contributed by atoms with Crippen molar-refractivity contribution < 1.29 is 14.4 Å². The van der Waals surface area contributed by atoms with E-state index in [2.05, 4.69) is 31.5 Å². The van der Waals surface area contributed by atoms with Crippen LogP contribution in [0.1, 0.15) is 25.7 Å². The van der Waals surface area contributed by atoms with Crippen LogP contribution in [0.5, 0.6) is 0 Å². The van der Waals surface area contributed by atoms with Crippen molar-refractivity contribution in [3.63, 3.8) is 0 Å². The van der Waals surface area contributed by atoms with Gasteiger partial charge in [0.2, 0.25) is 11.8 Å². The van der Waals surface area contributed by atoms with E-state index in [0.29, 0.717) is 18.1 Å². The van der Waals surface area contributed by atoms with Crippen LogP contribution in [-0.4, -0.2) is 47.5 Å². The number of amides is 4. The number of azide groups is 1. The average Bonchev–Trinajstić information content (AvgIpc) is 3.07. The number of unbranched alkanes of at least 4 members (excludes halogenated alkanes) is 1. The standard InChI is InChI=1S/C12H19N7O3S/c13-19-14-5-10(21)18-17-9(20)4-2-1-3-8-11-7(6-23-8)15-12(22)16-11/h7-8,11H,1-6H2,(H,17,20)(H,18,21)(H2,15,16,22)/t7-,8-,11-/m0/s1. The maximum absolute atomic E-state index is 11.5. The zero-order valence-electron chi connectivity index (χ0n) is 12.4. The van der Waals surface area contributed by atoms with Gasteiger partial charge in [0.15, 0.2) is 0 Å². The summed E-state index contributed by atoms with van der Waals surface area (Å²) in [5.41, 5.74) is 12.5. The lowest BCUT2D eigenvalue weighted by atomic mass is 10.0. The maximum Gasteiger partial charge on any atom is 0.315 e. The molecule has 2 saturated heterocycles. The predicted molar refractivity (Wildman–Crippen MR) is 84.3 cm³/mol. The molecule has 3 atom stereocenters.